The zero-order valence-corrected chi connectivity index (χ0v) is 70.5. The molecule has 0 saturated carbocycles. The van der Waals surface area contributed by atoms with Crippen molar-refractivity contribution in [3.05, 3.63) is 0 Å². The molecular weight excluding hydrogens is 1370 g/mol. The Bertz CT molecular complexity index is 1980. The molecule has 0 bridgehead atoms. The van der Waals surface area contributed by atoms with E-state index in [2.05, 4.69) is 27.7 Å². The molecule has 0 aliphatic carbocycles. The van der Waals surface area contributed by atoms with Crippen molar-refractivity contribution >= 4 is 39.5 Å². The molecular formula is C86H168O17P2. The lowest BCUT2D eigenvalue weighted by Crippen LogP contribution is -2.30. The summed E-state index contributed by atoms with van der Waals surface area (Å²) in [6.45, 7) is 5.03. The van der Waals surface area contributed by atoms with Gasteiger partial charge in [0, 0.05) is 25.7 Å². The highest BCUT2D eigenvalue weighted by Gasteiger charge is 2.30. The first-order valence-electron chi connectivity index (χ1n) is 44.8. The van der Waals surface area contributed by atoms with Crippen LogP contribution in [-0.4, -0.2) is 96.7 Å². The third kappa shape index (κ3) is 79.9. The first-order chi connectivity index (χ1) is 51.2. The Morgan fingerprint density at radius 3 is 0.562 bits per heavy atom. The first kappa shape index (κ1) is 103. The number of hydrogen-bond acceptors (Lipinski definition) is 15. The number of rotatable bonds is 87. The predicted octanol–water partition coefficient (Wildman–Crippen LogP) is 26.5. The second kappa shape index (κ2) is 80.1. The van der Waals surface area contributed by atoms with E-state index in [1.807, 2.05) is 0 Å². The largest absolute Gasteiger partial charge is 0.472 e. The van der Waals surface area contributed by atoms with Gasteiger partial charge in [0.2, 0.25) is 0 Å². The van der Waals surface area contributed by atoms with Gasteiger partial charge in [-0.05, 0) is 25.7 Å². The summed E-state index contributed by atoms with van der Waals surface area (Å²) in [5, 5.41) is 10.7. The third-order valence-electron chi connectivity index (χ3n) is 20.4. The van der Waals surface area contributed by atoms with Crippen molar-refractivity contribution in [3.63, 3.8) is 0 Å². The van der Waals surface area contributed by atoms with Crippen LogP contribution in [-0.2, 0) is 65.4 Å². The molecule has 0 aromatic heterocycles. The maximum atomic E-state index is 13.1. The number of phosphoric ester groups is 2. The van der Waals surface area contributed by atoms with Crippen LogP contribution in [0.3, 0.4) is 0 Å². The fourth-order valence-electron chi connectivity index (χ4n) is 13.5. The standard InChI is InChI=1S/C86H168O17P2/c1-5-9-13-17-21-25-28-31-34-37-39-40-41-42-45-48-51-54-57-61-65-69-73-86(91)103-82(77-97-84(89)71-67-63-59-55-52-49-46-44-38-35-32-29-26-22-18-14-10-6-2)79-101-105(94,95)99-75-80(87)74-98-104(92,93)100-78-81(76-96-83(88)70-66-62-58-24-20-16-12-8-4)102-85(90)72-68-64-60-56-53-50-47-43-36-33-30-27-23-19-15-11-7-3/h80-82,87H,5-79H2,1-4H3,(H,92,93)(H,94,95)/t80-,81+,82+/m0/s1. The van der Waals surface area contributed by atoms with Gasteiger partial charge in [0.25, 0.3) is 0 Å². The molecule has 0 aliphatic rings. The molecule has 0 radical (unpaired) electrons. The van der Waals surface area contributed by atoms with Gasteiger partial charge in [-0.1, -0.05) is 419 Å². The molecule has 624 valence electrons. The molecule has 0 fully saturated rings. The third-order valence-corrected chi connectivity index (χ3v) is 22.3. The maximum absolute atomic E-state index is 13.1. The van der Waals surface area contributed by atoms with Crippen molar-refractivity contribution in [3.8, 4) is 0 Å². The molecule has 0 amide bonds. The Kier molecular flexibility index (Phi) is 78.6. The summed E-state index contributed by atoms with van der Waals surface area (Å²) in [7, 11) is -9.92. The van der Waals surface area contributed by atoms with Gasteiger partial charge in [-0.3, -0.25) is 37.3 Å². The van der Waals surface area contributed by atoms with Gasteiger partial charge in [-0.25, -0.2) is 9.13 Å². The van der Waals surface area contributed by atoms with Crippen molar-refractivity contribution in [1.29, 1.82) is 0 Å². The normalized spacial score (nSPS) is 13.7. The Morgan fingerprint density at radius 1 is 0.229 bits per heavy atom. The number of esters is 4. The van der Waals surface area contributed by atoms with Crippen molar-refractivity contribution in [2.24, 2.45) is 0 Å². The van der Waals surface area contributed by atoms with E-state index in [1.165, 1.54) is 302 Å². The van der Waals surface area contributed by atoms with Gasteiger partial charge in [-0.2, -0.15) is 0 Å². The van der Waals surface area contributed by atoms with E-state index >= 15 is 0 Å². The molecule has 0 aliphatic heterocycles. The summed E-state index contributed by atoms with van der Waals surface area (Å²) in [6, 6.07) is 0. The molecule has 0 aromatic carbocycles. The molecule has 2 unspecified atom stereocenters. The number of carbonyl (C=O) groups excluding carboxylic acids is 4. The van der Waals surface area contributed by atoms with Crippen LogP contribution in [0.5, 0.6) is 0 Å². The second-order valence-electron chi connectivity index (χ2n) is 30.9. The van der Waals surface area contributed by atoms with Gasteiger partial charge < -0.3 is 33.8 Å². The molecule has 17 nitrogen and oxygen atoms in total. The molecule has 0 rings (SSSR count). The van der Waals surface area contributed by atoms with E-state index in [9.17, 15) is 43.2 Å². The minimum atomic E-state index is -4.96. The fraction of sp³-hybridized carbons (Fsp3) is 0.953. The lowest BCUT2D eigenvalue weighted by atomic mass is 10.0. The van der Waals surface area contributed by atoms with Crippen LogP contribution < -0.4 is 0 Å². The average Bonchev–Trinajstić information content (AvgIpc) is 0.905. The lowest BCUT2D eigenvalue weighted by molar-refractivity contribution is -0.161. The van der Waals surface area contributed by atoms with Crippen LogP contribution in [0.1, 0.15) is 471 Å². The summed E-state index contributed by atoms with van der Waals surface area (Å²) in [4.78, 5) is 73.1. The number of aliphatic hydroxyl groups excluding tert-OH is 1. The SMILES string of the molecule is CCCCCCCCCCCCCCCCCCCCCCCCC(=O)O[C@H](COC(=O)CCCCCCCCCCCCCCCCCCCC)COP(=O)(O)OC[C@@H](O)COP(=O)(O)OC[C@@H](COC(=O)CCCCCCCCCC)OC(=O)CCCCCCCCCCCCCCCCCCC. The summed E-state index contributed by atoms with van der Waals surface area (Å²) in [6.07, 6.45) is 75.2. The summed E-state index contributed by atoms with van der Waals surface area (Å²) in [5.41, 5.74) is 0. The molecule has 105 heavy (non-hydrogen) atoms. The molecule has 0 spiro atoms. The maximum Gasteiger partial charge on any atom is 0.472 e. The Hall–Kier alpha value is -1.94. The minimum absolute atomic E-state index is 0.109. The molecule has 3 N–H and O–H groups in total. The van der Waals surface area contributed by atoms with Gasteiger partial charge in [0.05, 0.1) is 26.4 Å². The zero-order valence-electron chi connectivity index (χ0n) is 68.7. The van der Waals surface area contributed by atoms with E-state index in [-0.39, 0.29) is 25.7 Å². The molecule has 0 heterocycles. The summed E-state index contributed by atoms with van der Waals surface area (Å²) >= 11 is 0. The van der Waals surface area contributed by atoms with E-state index in [0.717, 1.165) is 89.9 Å². The topological polar surface area (TPSA) is 237 Å². The minimum Gasteiger partial charge on any atom is -0.462 e. The van der Waals surface area contributed by atoms with Crippen LogP contribution in [0.2, 0.25) is 0 Å². The highest BCUT2D eigenvalue weighted by Crippen LogP contribution is 2.45. The summed E-state index contributed by atoms with van der Waals surface area (Å²) < 4.78 is 68.8. The van der Waals surface area contributed by atoms with E-state index in [4.69, 9.17) is 37.0 Å². The number of phosphoric acid groups is 2. The number of carbonyl (C=O) groups is 4. The molecule has 0 saturated heterocycles. The predicted molar refractivity (Wildman–Crippen MR) is 432 cm³/mol. The lowest BCUT2D eigenvalue weighted by Gasteiger charge is -2.21. The van der Waals surface area contributed by atoms with Gasteiger partial charge >= 0.3 is 39.5 Å². The van der Waals surface area contributed by atoms with Gasteiger partial charge in [-0.15, -0.1) is 0 Å². The van der Waals surface area contributed by atoms with Gasteiger partial charge in [0.1, 0.15) is 19.3 Å². The highest BCUT2D eigenvalue weighted by atomic mass is 31.2. The number of aliphatic hydroxyl groups is 1. The van der Waals surface area contributed by atoms with Crippen molar-refractivity contribution in [1.82, 2.24) is 0 Å². The van der Waals surface area contributed by atoms with Crippen molar-refractivity contribution < 1.29 is 80.2 Å². The zero-order chi connectivity index (χ0) is 76.7. The van der Waals surface area contributed by atoms with E-state index < -0.39 is 97.5 Å². The van der Waals surface area contributed by atoms with Gasteiger partial charge in [0.15, 0.2) is 12.2 Å². The number of ether oxygens (including phenoxy) is 4. The van der Waals surface area contributed by atoms with Crippen LogP contribution in [0.25, 0.3) is 0 Å². The average molecular weight is 1540 g/mol. The Balaban J connectivity index is 5.17. The first-order valence-corrected chi connectivity index (χ1v) is 47.8. The monoisotopic (exact) mass is 1540 g/mol. The Morgan fingerprint density at radius 2 is 0.381 bits per heavy atom. The van der Waals surface area contributed by atoms with Crippen LogP contribution >= 0.6 is 15.6 Å². The van der Waals surface area contributed by atoms with Crippen molar-refractivity contribution in [2.75, 3.05) is 39.6 Å². The highest BCUT2D eigenvalue weighted by molar-refractivity contribution is 7.47. The smallest absolute Gasteiger partial charge is 0.462 e. The van der Waals surface area contributed by atoms with Crippen LogP contribution in [0, 0.1) is 0 Å². The van der Waals surface area contributed by atoms with E-state index in [1.54, 1.807) is 0 Å². The molecule has 0 aromatic rings. The van der Waals surface area contributed by atoms with Crippen molar-refractivity contribution in [2.45, 2.75) is 489 Å². The molecule has 19 heteroatoms. The number of hydrogen-bond donors (Lipinski definition) is 3. The fourth-order valence-corrected chi connectivity index (χ4v) is 15.1. The Labute approximate surface area is 645 Å². The van der Waals surface area contributed by atoms with E-state index in [0.29, 0.717) is 25.7 Å². The molecule has 5 atom stereocenters. The number of unbranched alkanes of at least 4 members (excludes halogenated alkanes) is 61. The van der Waals surface area contributed by atoms with Crippen LogP contribution in [0.15, 0.2) is 0 Å². The summed E-state index contributed by atoms with van der Waals surface area (Å²) in [5.74, 6) is -2.10. The second-order valence-corrected chi connectivity index (χ2v) is 33.8. The van der Waals surface area contributed by atoms with Crippen LogP contribution in [0.4, 0.5) is 0 Å². The quantitative estimate of drug-likeness (QED) is 0.0222.